The second-order valence-electron chi connectivity index (χ2n) is 10.3. The van der Waals surface area contributed by atoms with Crippen molar-refractivity contribution in [2.45, 2.75) is 19.0 Å². The molecule has 0 saturated carbocycles. The van der Waals surface area contributed by atoms with Gasteiger partial charge in [0.25, 0.3) is 5.91 Å². The number of hydrogen-bond acceptors (Lipinski definition) is 4. The fourth-order valence-corrected chi connectivity index (χ4v) is 4.93. The second-order valence-corrected chi connectivity index (χ2v) is 10.3. The summed E-state index contributed by atoms with van der Waals surface area (Å²) in [6.45, 7) is 1.37. The Labute approximate surface area is 235 Å². The van der Waals surface area contributed by atoms with Gasteiger partial charge in [0.2, 0.25) is 0 Å². The van der Waals surface area contributed by atoms with E-state index in [0.717, 1.165) is 48.1 Å². The SMILES string of the molecule is CN1CCC(CNC(=O)c2cccc(-c3ccc4c(c3)ncn4-c3cccc(NC(=O)NCC(F)(F)F)c3)c2)CC1. The number of piperidine rings is 1. The summed E-state index contributed by atoms with van der Waals surface area (Å²) in [5.41, 5.74) is 4.95. The lowest BCUT2D eigenvalue weighted by molar-refractivity contribution is -0.122. The molecule has 0 unspecified atom stereocenters. The molecule has 1 aliphatic heterocycles. The summed E-state index contributed by atoms with van der Waals surface area (Å²) in [4.78, 5) is 31.6. The molecule has 214 valence electrons. The van der Waals surface area contributed by atoms with Gasteiger partial charge in [0.15, 0.2) is 0 Å². The lowest BCUT2D eigenvalue weighted by atomic mass is 9.97. The summed E-state index contributed by atoms with van der Waals surface area (Å²) in [5, 5.41) is 7.30. The van der Waals surface area contributed by atoms with E-state index >= 15 is 0 Å². The minimum absolute atomic E-state index is 0.0864. The summed E-state index contributed by atoms with van der Waals surface area (Å²) < 4.78 is 39.0. The minimum atomic E-state index is -4.49. The van der Waals surface area contributed by atoms with Gasteiger partial charge in [-0.1, -0.05) is 24.3 Å². The predicted octanol–water partition coefficient (Wildman–Crippen LogP) is 5.45. The summed E-state index contributed by atoms with van der Waals surface area (Å²) in [6.07, 6.45) is -0.679. The van der Waals surface area contributed by atoms with Crippen LogP contribution in [0.5, 0.6) is 0 Å². The topological polar surface area (TPSA) is 91.3 Å². The molecule has 1 aromatic heterocycles. The first-order chi connectivity index (χ1) is 19.6. The Morgan fingerprint density at radius 3 is 2.49 bits per heavy atom. The molecule has 2 heterocycles. The third kappa shape index (κ3) is 7.23. The monoisotopic (exact) mass is 564 g/mol. The van der Waals surface area contributed by atoms with Crippen LogP contribution in [0.4, 0.5) is 23.7 Å². The van der Waals surface area contributed by atoms with Crippen LogP contribution in [0.15, 0.2) is 73.1 Å². The zero-order valence-corrected chi connectivity index (χ0v) is 22.5. The fourth-order valence-electron chi connectivity index (χ4n) is 4.93. The largest absolute Gasteiger partial charge is 0.405 e. The van der Waals surface area contributed by atoms with Crippen LogP contribution >= 0.6 is 0 Å². The Morgan fingerprint density at radius 1 is 0.951 bits per heavy atom. The number of carbonyl (C=O) groups excluding carboxylic acids is 2. The van der Waals surface area contributed by atoms with E-state index in [-0.39, 0.29) is 5.91 Å². The van der Waals surface area contributed by atoms with Crippen LogP contribution in [0, 0.1) is 5.92 Å². The Hall–Kier alpha value is -4.38. The van der Waals surface area contributed by atoms with Crippen LogP contribution in [0.2, 0.25) is 0 Å². The van der Waals surface area contributed by atoms with Gasteiger partial charge >= 0.3 is 12.2 Å². The molecular weight excluding hydrogens is 533 g/mol. The number of nitrogens with zero attached hydrogens (tertiary/aromatic N) is 3. The van der Waals surface area contributed by atoms with Crippen LogP contribution < -0.4 is 16.0 Å². The van der Waals surface area contributed by atoms with Crippen molar-refractivity contribution >= 4 is 28.7 Å². The number of imidazole rings is 1. The number of rotatable bonds is 7. The van der Waals surface area contributed by atoms with Gasteiger partial charge in [0, 0.05) is 23.5 Å². The van der Waals surface area contributed by atoms with Gasteiger partial charge in [0.1, 0.15) is 12.9 Å². The molecule has 11 heteroatoms. The highest BCUT2D eigenvalue weighted by atomic mass is 19.4. The minimum Gasteiger partial charge on any atom is -0.352 e. The van der Waals surface area contributed by atoms with Crippen molar-refractivity contribution in [3.05, 3.63) is 78.6 Å². The molecule has 3 aromatic carbocycles. The molecule has 8 nitrogen and oxygen atoms in total. The Bertz CT molecular complexity index is 1540. The second kappa shape index (κ2) is 12.0. The van der Waals surface area contributed by atoms with Crippen molar-refractivity contribution in [2.24, 2.45) is 5.92 Å². The Balaban J connectivity index is 1.28. The molecule has 0 bridgehead atoms. The number of nitrogens with one attached hydrogen (secondary N) is 3. The molecule has 0 atom stereocenters. The van der Waals surface area contributed by atoms with E-state index in [4.69, 9.17) is 0 Å². The first kappa shape index (κ1) is 28.2. The first-order valence-corrected chi connectivity index (χ1v) is 13.4. The molecule has 41 heavy (non-hydrogen) atoms. The maximum Gasteiger partial charge on any atom is 0.405 e. The van der Waals surface area contributed by atoms with E-state index in [1.165, 1.54) is 0 Å². The van der Waals surface area contributed by atoms with Gasteiger partial charge in [-0.05, 0) is 92.5 Å². The molecule has 1 aliphatic rings. The number of aromatic nitrogens is 2. The Morgan fingerprint density at radius 2 is 1.71 bits per heavy atom. The summed E-state index contributed by atoms with van der Waals surface area (Å²) in [6, 6.07) is 19.1. The predicted molar refractivity (Wildman–Crippen MR) is 152 cm³/mol. The summed E-state index contributed by atoms with van der Waals surface area (Å²) in [5.74, 6) is 0.413. The van der Waals surface area contributed by atoms with E-state index in [9.17, 15) is 22.8 Å². The average molecular weight is 565 g/mol. The van der Waals surface area contributed by atoms with E-state index in [1.54, 1.807) is 29.8 Å². The fraction of sp³-hybridized carbons (Fsp3) is 0.300. The lowest BCUT2D eigenvalue weighted by Gasteiger charge is -2.28. The standard InChI is InChI=1S/C30H31F3N6O2/c1-38-12-10-20(11-13-38)17-34-28(40)23-5-2-4-21(14-23)22-8-9-27-26(15-22)36-19-39(27)25-7-3-6-24(16-25)37-29(41)35-18-30(31,32)33/h2-9,14-16,19-20H,10-13,17-18H2,1H3,(H,34,40)(H2,35,37,41). The third-order valence-corrected chi connectivity index (χ3v) is 7.23. The summed E-state index contributed by atoms with van der Waals surface area (Å²) in [7, 11) is 2.12. The van der Waals surface area contributed by atoms with Crippen molar-refractivity contribution in [2.75, 3.05) is 38.5 Å². The highest BCUT2D eigenvalue weighted by Gasteiger charge is 2.27. The molecule has 1 saturated heterocycles. The number of likely N-dealkylation sites (tertiary alicyclic amines) is 1. The molecule has 3 amide bonds. The molecule has 4 aromatic rings. The van der Waals surface area contributed by atoms with Gasteiger partial charge in [-0.25, -0.2) is 9.78 Å². The van der Waals surface area contributed by atoms with Crippen molar-refractivity contribution < 1.29 is 22.8 Å². The maximum absolute atomic E-state index is 12.9. The molecule has 0 spiro atoms. The van der Waals surface area contributed by atoms with E-state index in [0.29, 0.717) is 29.4 Å². The highest BCUT2D eigenvalue weighted by molar-refractivity contribution is 5.96. The van der Waals surface area contributed by atoms with Gasteiger partial charge in [-0.2, -0.15) is 13.2 Å². The lowest BCUT2D eigenvalue weighted by Crippen LogP contribution is -2.36. The van der Waals surface area contributed by atoms with Crippen LogP contribution in [0.1, 0.15) is 23.2 Å². The van der Waals surface area contributed by atoms with Crippen LogP contribution in [-0.2, 0) is 0 Å². The number of amides is 3. The molecule has 1 fully saturated rings. The zero-order chi connectivity index (χ0) is 29.0. The number of benzene rings is 3. The van der Waals surface area contributed by atoms with E-state index in [2.05, 4.69) is 27.6 Å². The molecular formula is C30H31F3N6O2. The number of urea groups is 1. The number of anilines is 1. The smallest absolute Gasteiger partial charge is 0.352 e. The maximum atomic E-state index is 12.9. The number of fused-ring (bicyclic) bond motifs is 1. The molecule has 5 rings (SSSR count). The number of hydrogen-bond donors (Lipinski definition) is 3. The molecule has 3 N–H and O–H groups in total. The summed E-state index contributed by atoms with van der Waals surface area (Å²) >= 11 is 0. The van der Waals surface area contributed by atoms with Crippen LogP contribution in [0.25, 0.3) is 27.8 Å². The zero-order valence-electron chi connectivity index (χ0n) is 22.5. The number of halogens is 3. The van der Waals surface area contributed by atoms with Crippen molar-refractivity contribution in [3.63, 3.8) is 0 Å². The Kier molecular flexibility index (Phi) is 8.25. The number of carbonyl (C=O) groups is 2. The quantitative estimate of drug-likeness (QED) is 0.279. The van der Waals surface area contributed by atoms with Crippen LogP contribution in [-0.4, -0.2) is 65.8 Å². The van der Waals surface area contributed by atoms with Crippen molar-refractivity contribution in [1.29, 1.82) is 0 Å². The van der Waals surface area contributed by atoms with Crippen molar-refractivity contribution in [3.8, 4) is 16.8 Å². The third-order valence-electron chi connectivity index (χ3n) is 7.23. The van der Waals surface area contributed by atoms with Crippen LogP contribution in [0.3, 0.4) is 0 Å². The number of alkyl halides is 3. The van der Waals surface area contributed by atoms with Gasteiger partial charge in [-0.3, -0.25) is 9.36 Å². The normalized spacial score (nSPS) is 14.6. The average Bonchev–Trinajstić information content (AvgIpc) is 3.39. The first-order valence-electron chi connectivity index (χ1n) is 13.4. The van der Waals surface area contributed by atoms with Gasteiger partial charge < -0.3 is 20.9 Å². The van der Waals surface area contributed by atoms with Gasteiger partial charge in [0.05, 0.1) is 11.0 Å². The van der Waals surface area contributed by atoms with E-state index < -0.39 is 18.8 Å². The highest BCUT2D eigenvalue weighted by Crippen LogP contribution is 2.27. The van der Waals surface area contributed by atoms with E-state index in [1.807, 2.05) is 53.1 Å². The van der Waals surface area contributed by atoms with Gasteiger partial charge in [-0.15, -0.1) is 0 Å². The van der Waals surface area contributed by atoms with Crippen molar-refractivity contribution in [1.82, 2.24) is 25.1 Å². The molecule has 0 aliphatic carbocycles. The molecule has 0 radical (unpaired) electrons.